The molecular weight excluding hydrogens is 430 g/mol. The van der Waals surface area contributed by atoms with Gasteiger partial charge in [-0.05, 0) is 31.2 Å². The van der Waals surface area contributed by atoms with Crippen LogP contribution >= 0.6 is 0 Å². The number of nitrogens with one attached hydrogen (secondary N) is 2. The molecular formula is C23H25N3O7. The van der Waals surface area contributed by atoms with Gasteiger partial charge in [0.1, 0.15) is 11.5 Å². The van der Waals surface area contributed by atoms with Crippen molar-refractivity contribution in [3.8, 4) is 11.5 Å². The summed E-state index contributed by atoms with van der Waals surface area (Å²) in [5.41, 5.74) is 4.33. The van der Waals surface area contributed by atoms with Gasteiger partial charge < -0.3 is 19.5 Å². The minimum atomic E-state index is -0.801. The van der Waals surface area contributed by atoms with Crippen LogP contribution in [0.15, 0.2) is 42.5 Å². The lowest BCUT2D eigenvalue weighted by atomic mass is 10.1. The number of amides is 3. The molecule has 174 valence electrons. The van der Waals surface area contributed by atoms with Gasteiger partial charge in [-0.15, -0.1) is 0 Å². The van der Waals surface area contributed by atoms with Crippen molar-refractivity contribution in [3.05, 3.63) is 53.6 Å². The molecule has 1 aliphatic heterocycles. The molecule has 0 radical (unpaired) electrons. The van der Waals surface area contributed by atoms with Crippen LogP contribution in [0.25, 0.3) is 0 Å². The van der Waals surface area contributed by atoms with E-state index in [1.807, 2.05) is 19.1 Å². The molecule has 1 fully saturated rings. The van der Waals surface area contributed by atoms with Crippen molar-refractivity contribution in [2.75, 3.05) is 32.7 Å². The maximum atomic E-state index is 12.6. The van der Waals surface area contributed by atoms with Crippen LogP contribution in [-0.2, 0) is 19.1 Å². The monoisotopic (exact) mass is 455 g/mol. The van der Waals surface area contributed by atoms with Gasteiger partial charge in [-0.25, -0.2) is 0 Å². The molecule has 1 atom stereocenters. The van der Waals surface area contributed by atoms with Crippen molar-refractivity contribution >= 4 is 29.4 Å². The summed E-state index contributed by atoms with van der Waals surface area (Å²) in [5, 5.41) is 3.69. The van der Waals surface area contributed by atoms with Crippen molar-refractivity contribution in [1.29, 1.82) is 0 Å². The van der Waals surface area contributed by atoms with E-state index in [0.717, 1.165) is 10.6 Å². The topological polar surface area (TPSA) is 123 Å². The number of hydrogen-bond donors (Lipinski definition) is 2. The molecule has 10 heteroatoms. The number of hydrogen-bond acceptors (Lipinski definition) is 7. The normalized spacial score (nSPS) is 15.1. The maximum absolute atomic E-state index is 12.6. The van der Waals surface area contributed by atoms with Crippen LogP contribution in [0.2, 0.25) is 0 Å². The van der Waals surface area contributed by atoms with Crippen LogP contribution in [0.1, 0.15) is 22.3 Å². The van der Waals surface area contributed by atoms with Gasteiger partial charge in [0.05, 0.1) is 26.7 Å². The summed E-state index contributed by atoms with van der Waals surface area (Å²) < 4.78 is 15.3. The molecule has 2 aromatic rings. The Bertz CT molecular complexity index is 1030. The highest BCUT2D eigenvalue weighted by Gasteiger charge is 2.36. The Balaban J connectivity index is 1.52. The summed E-state index contributed by atoms with van der Waals surface area (Å²) >= 11 is 0. The summed E-state index contributed by atoms with van der Waals surface area (Å²) in [6.45, 7) is 1.38. The number of rotatable bonds is 8. The van der Waals surface area contributed by atoms with Gasteiger partial charge in [-0.3, -0.25) is 29.6 Å². The SMILES string of the molecule is COc1cc(OC)cc(C(=O)NN2C[C@H](C(=O)OCC(=O)Nc3ccc(C)cc3)CC2=O)c1. The molecule has 0 spiro atoms. The van der Waals surface area contributed by atoms with Crippen molar-refractivity contribution in [3.63, 3.8) is 0 Å². The number of anilines is 1. The second kappa shape index (κ2) is 10.5. The van der Waals surface area contributed by atoms with Crippen LogP contribution < -0.4 is 20.2 Å². The standard InChI is InChI=1S/C23H25N3O7/c1-14-4-6-17(7-5-14)24-20(27)13-33-23(30)16-10-21(28)26(12-16)25-22(29)15-8-18(31-2)11-19(9-15)32-3/h4-9,11,16H,10,12-13H2,1-3H3,(H,24,27)(H,25,29)/t16-/m1/s1. The van der Waals surface area contributed by atoms with E-state index in [1.165, 1.54) is 26.4 Å². The minimum Gasteiger partial charge on any atom is -0.497 e. The molecule has 1 saturated heterocycles. The number of esters is 1. The van der Waals surface area contributed by atoms with E-state index < -0.39 is 36.2 Å². The molecule has 1 aliphatic rings. The van der Waals surface area contributed by atoms with Gasteiger partial charge in [0, 0.05) is 23.7 Å². The number of carbonyl (C=O) groups is 4. The van der Waals surface area contributed by atoms with E-state index in [0.29, 0.717) is 17.2 Å². The molecule has 3 rings (SSSR count). The smallest absolute Gasteiger partial charge is 0.311 e. The Labute approximate surface area is 190 Å². The Morgan fingerprint density at radius 2 is 1.67 bits per heavy atom. The molecule has 3 amide bonds. The number of methoxy groups -OCH3 is 2. The van der Waals surface area contributed by atoms with Crippen molar-refractivity contribution in [1.82, 2.24) is 10.4 Å². The average Bonchev–Trinajstić information content (AvgIpc) is 3.18. The Morgan fingerprint density at radius 3 is 2.27 bits per heavy atom. The lowest BCUT2D eigenvalue weighted by Crippen LogP contribution is -2.43. The second-order valence-electron chi connectivity index (χ2n) is 7.47. The molecule has 1 heterocycles. The minimum absolute atomic E-state index is 0.0654. The van der Waals surface area contributed by atoms with Gasteiger partial charge in [0.15, 0.2) is 6.61 Å². The van der Waals surface area contributed by atoms with Crippen LogP contribution in [-0.4, -0.2) is 56.1 Å². The molecule has 0 bridgehead atoms. The van der Waals surface area contributed by atoms with Gasteiger partial charge in [-0.2, -0.15) is 0 Å². The Morgan fingerprint density at radius 1 is 1.03 bits per heavy atom. The number of benzene rings is 2. The van der Waals surface area contributed by atoms with Crippen molar-refractivity contribution in [2.45, 2.75) is 13.3 Å². The zero-order chi connectivity index (χ0) is 24.0. The van der Waals surface area contributed by atoms with E-state index in [9.17, 15) is 19.2 Å². The second-order valence-corrected chi connectivity index (χ2v) is 7.47. The van der Waals surface area contributed by atoms with E-state index in [1.54, 1.807) is 18.2 Å². The zero-order valence-corrected chi connectivity index (χ0v) is 18.5. The van der Waals surface area contributed by atoms with E-state index >= 15 is 0 Å². The number of hydrazine groups is 1. The number of carbonyl (C=O) groups excluding carboxylic acids is 4. The fourth-order valence-corrected chi connectivity index (χ4v) is 3.19. The molecule has 2 N–H and O–H groups in total. The summed E-state index contributed by atoms with van der Waals surface area (Å²) in [6, 6.07) is 11.8. The van der Waals surface area contributed by atoms with Crippen LogP contribution in [0.5, 0.6) is 11.5 Å². The first-order chi connectivity index (χ1) is 15.8. The first-order valence-corrected chi connectivity index (χ1v) is 10.2. The summed E-state index contributed by atoms with van der Waals surface area (Å²) in [6.07, 6.45) is -0.139. The van der Waals surface area contributed by atoms with Crippen LogP contribution in [0, 0.1) is 12.8 Å². The third-order valence-corrected chi connectivity index (χ3v) is 4.99. The van der Waals surface area contributed by atoms with Crippen LogP contribution in [0.3, 0.4) is 0 Å². The number of aryl methyl sites for hydroxylation is 1. The van der Waals surface area contributed by atoms with Crippen molar-refractivity contribution < 1.29 is 33.4 Å². The summed E-state index contributed by atoms with van der Waals surface area (Å²) in [5.74, 6) is -2.16. The third-order valence-electron chi connectivity index (χ3n) is 4.99. The molecule has 0 aromatic heterocycles. The highest BCUT2D eigenvalue weighted by atomic mass is 16.5. The Kier molecular flexibility index (Phi) is 7.50. The fourth-order valence-electron chi connectivity index (χ4n) is 3.19. The molecule has 2 aromatic carbocycles. The first kappa shape index (κ1) is 23.6. The lowest BCUT2D eigenvalue weighted by Gasteiger charge is -2.18. The van der Waals surface area contributed by atoms with Gasteiger partial charge in [0.25, 0.3) is 11.8 Å². The Hall–Kier alpha value is -4.08. The predicted octanol–water partition coefficient (Wildman–Crippen LogP) is 1.69. The largest absolute Gasteiger partial charge is 0.497 e. The number of ether oxygens (including phenoxy) is 3. The third kappa shape index (κ3) is 6.22. The summed E-state index contributed by atoms with van der Waals surface area (Å²) in [7, 11) is 2.91. The molecule has 0 saturated carbocycles. The van der Waals surface area contributed by atoms with Gasteiger partial charge in [0.2, 0.25) is 5.91 Å². The van der Waals surface area contributed by atoms with Gasteiger partial charge >= 0.3 is 5.97 Å². The van der Waals surface area contributed by atoms with Crippen LogP contribution in [0.4, 0.5) is 5.69 Å². The zero-order valence-electron chi connectivity index (χ0n) is 18.5. The van der Waals surface area contributed by atoms with Crippen molar-refractivity contribution in [2.24, 2.45) is 5.92 Å². The average molecular weight is 455 g/mol. The molecule has 0 aliphatic carbocycles. The number of nitrogens with zero attached hydrogens (tertiary/aromatic N) is 1. The van der Waals surface area contributed by atoms with E-state index in [4.69, 9.17) is 14.2 Å². The highest BCUT2D eigenvalue weighted by Crippen LogP contribution is 2.23. The molecule has 0 unspecified atom stereocenters. The predicted molar refractivity (Wildman–Crippen MR) is 118 cm³/mol. The molecule has 33 heavy (non-hydrogen) atoms. The van der Waals surface area contributed by atoms with E-state index in [-0.39, 0.29) is 18.5 Å². The lowest BCUT2D eigenvalue weighted by molar-refractivity contribution is -0.151. The molecule has 10 nitrogen and oxygen atoms in total. The first-order valence-electron chi connectivity index (χ1n) is 10.2. The van der Waals surface area contributed by atoms with Gasteiger partial charge in [-0.1, -0.05) is 17.7 Å². The summed E-state index contributed by atoms with van der Waals surface area (Å²) in [4.78, 5) is 49.2. The van der Waals surface area contributed by atoms with E-state index in [2.05, 4.69) is 10.7 Å². The fraction of sp³-hybridized carbons (Fsp3) is 0.304. The quantitative estimate of drug-likeness (QED) is 0.581. The maximum Gasteiger partial charge on any atom is 0.311 e. The highest BCUT2D eigenvalue weighted by molar-refractivity contribution is 5.97.